The van der Waals surface area contributed by atoms with Crippen LogP contribution in [-0.2, 0) is 4.79 Å². The fourth-order valence-corrected chi connectivity index (χ4v) is 3.19. The summed E-state index contributed by atoms with van der Waals surface area (Å²) in [6.07, 6.45) is 1.90. The minimum absolute atomic E-state index is 0.0983. The maximum atomic E-state index is 12.1. The maximum Gasteiger partial charge on any atom is 0.264 e. The molecule has 1 amide bonds. The van der Waals surface area contributed by atoms with Crippen molar-refractivity contribution < 1.29 is 4.79 Å². The number of nitrogens with zero attached hydrogens (tertiary/aromatic N) is 1. The van der Waals surface area contributed by atoms with Gasteiger partial charge in [-0.15, -0.1) is 0 Å². The molecule has 1 fully saturated rings. The zero-order valence-corrected chi connectivity index (χ0v) is 14.9. The molecular formula is C20H20N2OS. The number of aryl methyl sites for hydroxylation is 1. The average Bonchev–Trinajstić information content (AvgIpc) is 2.89. The highest BCUT2D eigenvalue weighted by atomic mass is 32.2. The van der Waals surface area contributed by atoms with Crippen molar-refractivity contribution in [1.82, 2.24) is 5.32 Å². The van der Waals surface area contributed by atoms with Gasteiger partial charge in [-0.25, -0.2) is 4.99 Å². The number of amidine groups is 1. The quantitative estimate of drug-likeness (QED) is 0.801. The largest absolute Gasteiger partial charge is 0.300 e. The van der Waals surface area contributed by atoms with Crippen molar-refractivity contribution in [2.45, 2.75) is 26.7 Å². The molecule has 1 aliphatic rings. The van der Waals surface area contributed by atoms with E-state index in [0.29, 0.717) is 16.0 Å². The van der Waals surface area contributed by atoms with Gasteiger partial charge in [0.1, 0.15) is 0 Å². The Morgan fingerprint density at radius 3 is 2.33 bits per heavy atom. The highest BCUT2D eigenvalue weighted by Gasteiger charge is 2.23. The Labute approximate surface area is 146 Å². The van der Waals surface area contributed by atoms with Crippen LogP contribution in [0.1, 0.15) is 36.5 Å². The van der Waals surface area contributed by atoms with Crippen molar-refractivity contribution >= 4 is 34.6 Å². The molecule has 0 spiro atoms. The molecule has 0 atom stereocenters. The van der Waals surface area contributed by atoms with Crippen LogP contribution in [0.4, 0.5) is 5.69 Å². The van der Waals surface area contributed by atoms with Crippen LogP contribution in [0, 0.1) is 6.92 Å². The lowest BCUT2D eigenvalue weighted by molar-refractivity contribution is -0.115. The van der Waals surface area contributed by atoms with Crippen LogP contribution in [0.5, 0.6) is 0 Å². The zero-order valence-electron chi connectivity index (χ0n) is 14.0. The summed E-state index contributed by atoms with van der Waals surface area (Å²) in [6, 6.07) is 16.2. The van der Waals surface area contributed by atoms with E-state index in [-0.39, 0.29) is 5.91 Å². The Morgan fingerprint density at radius 1 is 1.04 bits per heavy atom. The first-order valence-corrected chi connectivity index (χ1v) is 8.79. The molecule has 0 aliphatic carbocycles. The van der Waals surface area contributed by atoms with Gasteiger partial charge in [-0.2, -0.15) is 0 Å². The number of hydrogen-bond donors (Lipinski definition) is 1. The molecule has 1 N–H and O–H groups in total. The molecule has 24 heavy (non-hydrogen) atoms. The smallest absolute Gasteiger partial charge is 0.264 e. The van der Waals surface area contributed by atoms with Gasteiger partial charge in [-0.05, 0) is 53.9 Å². The predicted octanol–water partition coefficient (Wildman–Crippen LogP) is 5.01. The second-order valence-corrected chi connectivity index (χ2v) is 7.17. The van der Waals surface area contributed by atoms with Gasteiger partial charge in [0.2, 0.25) is 0 Å². The van der Waals surface area contributed by atoms with E-state index in [9.17, 15) is 4.79 Å². The van der Waals surface area contributed by atoms with Crippen molar-refractivity contribution in [3.05, 3.63) is 70.1 Å². The second-order valence-electron chi connectivity index (χ2n) is 6.14. The summed E-state index contributed by atoms with van der Waals surface area (Å²) in [5.41, 5.74) is 4.34. The fraction of sp³-hybridized carbons (Fsp3) is 0.200. The molecule has 4 heteroatoms. The summed E-state index contributed by atoms with van der Waals surface area (Å²) in [7, 11) is 0. The van der Waals surface area contributed by atoms with Crippen LogP contribution >= 0.6 is 11.8 Å². The van der Waals surface area contributed by atoms with E-state index in [0.717, 1.165) is 11.3 Å². The van der Waals surface area contributed by atoms with Crippen molar-refractivity contribution in [1.29, 1.82) is 0 Å². The summed E-state index contributed by atoms with van der Waals surface area (Å²) in [5, 5.41) is 3.44. The lowest BCUT2D eigenvalue weighted by atomic mass is 10.0. The highest BCUT2D eigenvalue weighted by Crippen LogP contribution is 2.28. The fourth-order valence-electron chi connectivity index (χ4n) is 2.35. The number of amides is 1. The van der Waals surface area contributed by atoms with E-state index in [1.165, 1.54) is 22.9 Å². The summed E-state index contributed by atoms with van der Waals surface area (Å²) >= 11 is 1.37. The molecule has 0 aromatic heterocycles. The molecule has 2 aromatic rings. The Bertz CT molecular complexity index is 803. The van der Waals surface area contributed by atoms with Crippen LogP contribution in [0.3, 0.4) is 0 Å². The van der Waals surface area contributed by atoms with Gasteiger partial charge in [0.15, 0.2) is 5.17 Å². The van der Waals surface area contributed by atoms with Gasteiger partial charge in [-0.1, -0.05) is 55.8 Å². The number of carbonyl (C=O) groups excluding carboxylic acids is 1. The number of thioether (sulfide) groups is 1. The third kappa shape index (κ3) is 3.95. The molecule has 1 saturated heterocycles. The molecule has 0 unspecified atom stereocenters. The zero-order chi connectivity index (χ0) is 17.1. The van der Waals surface area contributed by atoms with Crippen LogP contribution in [0.25, 0.3) is 6.08 Å². The highest BCUT2D eigenvalue weighted by molar-refractivity contribution is 8.18. The first kappa shape index (κ1) is 16.5. The molecule has 0 saturated carbocycles. The summed E-state index contributed by atoms with van der Waals surface area (Å²) in [6.45, 7) is 6.37. The molecule has 3 rings (SSSR count). The Hall–Kier alpha value is -2.33. The van der Waals surface area contributed by atoms with Gasteiger partial charge in [-0.3, -0.25) is 4.79 Å². The molecular weight excluding hydrogens is 316 g/mol. The number of hydrogen-bond acceptors (Lipinski definition) is 3. The minimum atomic E-state index is -0.0983. The summed E-state index contributed by atoms with van der Waals surface area (Å²) in [4.78, 5) is 17.3. The van der Waals surface area contributed by atoms with Crippen LogP contribution in [0.2, 0.25) is 0 Å². The minimum Gasteiger partial charge on any atom is -0.300 e. The lowest BCUT2D eigenvalue weighted by Gasteiger charge is -2.04. The van der Waals surface area contributed by atoms with Crippen LogP contribution < -0.4 is 5.32 Å². The number of nitrogens with one attached hydrogen (secondary N) is 1. The molecule has 1 aliphatic heterocycles. The predicted molar refractivity (Wildman–Crippen MR) is 103 cm³/mol. The van der Waals surface area contributed by atoms with Gasteiger partial charge >= 0.3 is 0 Å². The Balaban J connectivity index is 1.77. The molecule has 122 valence electrons. The van der Waals surface area contributed by atoms with Crippen molar-refractivity contribution in [2.24, 2.45) is 4.99 Å². The monoisotopic (exact) mass is 336 g/mol. The maximum absolute atomic E-state index is 12.1. The van der Waals surface area contributed by atoms with E-state index in [1.54, 1.807) is 0 Å². The molecule has 1 heterocycles. The molecule has 0 bridgehead atoms. The lowest BCUT2D eigenvalue weighted by Crippen LogP contribution is -2.19. The van der Waals surface area contributed by atoms with E-state index >= 15 is 0 Å². The van der Waals surface area contributed by atoms with Gasteiger partial charge in [0.05, 0.1) is 10.6 Å². The third-order valence-electron chi connectivity index (χ3n) is 3.82. The van der Waals surface area contributed by atoms with Gasteiger partial charge in [0, 0.05) is 0 Å². The van der Waals surface area contributed by atoms with Crippen molar-refractivity contribution in [3.63, 3.8) is 0 Å². The molecule has 2 aromatic carbocycles. The van der Waals surface area contributed by atoms with E-state index < -0.39 is 0 Å². The second kappa shape index (κ2) is 7.05. The molecule has 0 radical (unpaired) electrons. The van der Waals surface area contributed by atoms with Gasteiger partial charge < -0.3 is 5.32 Å². The number of benzene rings is 2. The summed E-state index contributed by atoms with van der Waals surface area (Å²) < 4.78 is 0. The first-order chi connectivity index (χ1) is 11.5. The number of rotatable bonds is 3. The van der Waals surface area contributed by atoms with Crippen LogP contribution in [-0.4, -0.2) is 11.1 Å². The standard InChI is InChI=1S/C20H20N2OS/c1-13(2)16-8-6-15(7-9-16)12-18-19(23)22-20(24-18)21-17-10-4-14(3)5-11-17/h4-13H,1-3H3,(H,21,22,23). The van der Waals surface area contributed by atoms with E-state index in [4.69, 9.17) is 0 Å². The Morgan fingerprint density at radius 2 is 1.71 bits per heavy atom. The molecule has 3 nitrogen and oxygen atoms in total. The topological polar surface area (TPSA) is 41.5 Å². The first-order valence-electron chi connectivity index (χ1n) is 7.97. The van der Waals surface area contributed by atoms with E-state index in [1.807, 2.05) is 49.4 Å². The number of carbonyl (C=O) groups is 1. The van der Waals surface area contributed by atoms with E-state index in [2.05, 4.69) is 36.3 Å². The summed E-state index contributed by atoms with van der Waals surface area (Å²) in [5.74, 6) is 0.405. The van der Waals surface area contributed by atoms with Crippen molar-refractivity contribution in [3.8, 4) is 0 Å². The average molecular weight is 336 g/mol. The Kier molecular flexibility index (Phi) is 4.86. The van der Waals surface area contributed by atoms with Gasteiger partial charge in [0.25, 0.3) is 5.91 Å². The SMILES string of the molecule is Cc1ccc(N=C2NC(=O)C(=Cc3ccc(C(C)C)cc3)S2)cc1. The van der Waals surface area contributed by atoms with Crippen LogP contribution in [0.15, 0.2) is 58.4 Å². The number of aliphatic imine (C=N–C) groups is 1. The third-order valence-corrected chi connectivity index (χ3v) is 4.73. The van der Waals surface area contributed by atoms with Crippen molar-refractivity contribution in [2.75, 3.05) is 0 Å². The normalized spacial score (nSPS) is 17.8.